The fourth-order valence-corrected chi connectivity index (χ4v) is 4.42. The fourth-order valence-electron chi connectivity index (χ4n) is 3.78. The molecule has 3 aromatic rings. The Kier molecular flexibility index (Phi) is 9.90. The maximum absolute atomic E-state index is 13.9. The van der Waals surface area contributed by atoms with Crippen LogP contribution in [0.4, 0.5) is 5.69 Å². The normalized spacial score (nSPS) is 11.8. The first-order chi connectivity index (χ1) is 18.2. The molecule has 0 aliphatic heterocycles. The topological polar surface area (TPSA) is 97.0 Å². The molecule has 0 saturated heterocycles. The van der Waals surface area contributed by atoms with E-state index < -0.39 is 17.5 Å². The average Bonchev–Trinajstić information content (AvgIpc) is 3.45. The Labute approximate surface area is 228 Å². The van der Waals surface area contributed by atoms with Crippen LogP contribution in [-0.2, 0) is 9.59 Å². The van der Waals surface area contributed by atoms with Gasteiger partial charge in [-0.25, -0.2) is 0 Å². The molecule has 3 rings (SSSR count). The van der Waals surface area contributed by atoms with Gasteiger partial charge in [0.2, 0.25) is 11.8 Å². The van der Waals surface area contributed by atoms with Crippen molar-refractivity contribution in [2.45, 2.75) is 45.7 Å². The monoisotopic (exact) mass is 537 g/mol. The number of anilines is 1. The summed E-state index contributed by atoms with van der Waals surface area (Å²) in [5, 5.41) is 7.57. The predicted molar refractivity (Wildman–Crippen MR) is 150 cm³/mol. The molecule has 0 saturated carbocycles. The van der Waals surface area contributed by atoms with E-state index in [1.165, 1.54) is 16.2 Å². The number of rotatable bonds is 12. The number of carbonyl (C=O) groups is 3. The lowest BCUT2D eigenvalue weighted by atomic mass is 9.98. The van der Waals surface area contributed by atoms with Crippen molar-refractivity contribution in [1.82, 2.24) is 10.6 Å². The van der Waals surface area contributed by atoms with Crippen LogP contribution in [-0.4, -0.2) is 43.5 Å². The molecule has 0 aliphatic carbocycles. The lowest BCUT2D eigenvalue weighted by Gasteiger charge is -2.35. The zero-order valence-corrected chi connectivity index (χ0v) is 23.3. The number of nitrogens with one attached hydrogen (secondary N) is 2. The van der Waals surface area contributed by atoms with Gasteiger partial charge in [-0.1, -0.05) is 31.2 Å². The number of methoxy groups -OCH3 is 1. The van der Waals surface area contributed by atoms with Gasteiger partial charge in [0.25, 0.3) is 5.91 Å². The Morgan fingerprint density at radius 1 is 1.00 bits per heavy atom. The first-order valence-corrected chi connectivity index (χ1v) is 13.4. The zero-order chi connectivity index (χ0) is 27.7. The van der Waals surface area contributed by atoms with E-state index in [0.29, 0.717) is 40.7 Å². The molecule has 202 valence electrons. The molecule has 9 heteroatoms. The molecule has 8 nitrogen and oxygen atoms in total. The van der Waals surface area contributed by atoms with E-state index in [9.17, 15) is 14.4 Å². The molecule has 0 bridgehead atoms. The summed E-state index contributed by atoms with van der Waals surface area (Å²) < 4.78 is 11.1. The van der Waals surface area contributed by atoms with E-state index in [1.807, 2.05) is 27.7 Å². The van der Waals surface area contributed by atoms with Crippen molar-refractivity contribution in [3.63, 3.8) is 0 Å². The molecular weight excluding hydrogens is 502 g/mol. The minimum absolute atomic E-state index is 0.305. The summed E-state index contributed by atoms with van der Waals surface area (Å²) >= 11 is 1.28. The Morgan fingerprint density at radius 2 is 1.74 bits per heavy atom. The number of hydrogen-bond donors (Lipinski definition) is 2. The van der Waals surface area contributed by atoms with Crippen LogP contribution in [0.5, 0.6) is 11.5 Å². The molecule has 0 fully saturated rings. The molecule has 0 aliphatic rings. The number of hydrogen-bond acceptors (Lipinski definition) is 6. The highest BCUT2D eigenvalue weighted by atomic mass is 32.1. The second kappa shape index (κ2) is 13.1. The van der Waals surface area contributed by atoms with E-state index in [1.54, 1.807) is 73.2 Å². The molecule has 0 unspecified atom stereocenters. The number of carbonyl (C=O) groups excluding carboxylic acids is 3. The van der Waals surface area contributed by atoms with Gasteiger partial charge in [-0.05, 0) is 68.5 Å². The summed E-state index contributed by atoms with van der Waals surface area (Å²) in [6.07, 6.45) is 0.689. The third-order valence-electron chi connectivity index (χ3n) is 6.08. The molecule has 2 aromatic carbocycles. The fraction of sp³-hybridized carbons (Fsp3) is 0.345. The molecule has 0 radical (unpaired) electrons. The van der Waals surface area contributed by atoms with Crippen LogP contribution in [0, 0.1) is 0 Å². The van der Waals surface area contributed by atoms with Gasteiger partial charge in [-0.2, -0.15) is 0 Å². The molecule has 1 atom stereocenters. The zero-order valence-electron chi connectivity index (χ0n) is 22.4. The standard InChI is InChI=1S/C29H35N3O5S/c1-6-29(3,4)31-28(35)26(20-11-8-13-22(17-20)36-5)32(21-12-9-14-23(18-21)37-7-2)25(33)19-30-27(34)24-15-10-16-38-24/h8-18,26H,6-7,19H2,1-5H3,(H,30,34)(H,31,35)/t26-/m0/s1. The number of ether oxygens (including phenoxy) is 2. The number of amides is 3. The van der Waals surface area contributed by atoms with E-state index in [2.05, 4.69) is 10.6 Å². The maximum atomic E-state index is 13.9. The van der Waals surface area contributed by atoms with Gasteiger partial charge in [0.1, 0.15) is 17.5 Å². The van der Waals surface area contributed by atoms with Gasteiger partial charge in [0, 0.05) is 17.3 Å². The van der Waals surface area contributed by atoms with Crippen molar-refractivity contribution in [3.05, 3.63) is 76.5 Å². The van der Waals surface area contributed by atoms with Crippen molar-refractivity contribution in [3.8, 4) is 11.5 Å². The van der Waals surface area contributed by atoms with E-state index in [0.717, 1.165) is 0 Å². The Bertz CT molecular complexity index is 1240. The summed E-state index contributed by atoms with van der Waals surface area (Å²) in [5.74, 6) is -0.0582. The second-order valence-corrected chi connectivity index (χ2v) is 10.2. The van der Waals surface area contributed by atoms with Crippen LogP contribution in [0.1, 0.15) is 55.4 Å². The number of thiophene rings is 1. The SMILES string of the molecule is CCOc1cccc(N(C(=O)CNC(=O)c2cccs2)[C@H](C(=O)NC(C)(C)CC)c2cccc(OC)c2)c1. The first-order valence-electron chi connectivity index (χ1n) is 12.5. The first kappa shape index (κ1) is 28.7. The average molecular weight is 538 g/mol. The van der Waals surface area contributed by atoms with Crippen LogP contribution in [0.25, 0.3) is 0 Å². The predicted octanol–water partition coefficient (Wildman–Crippen LogP) is 4.96. The van der Waals surface area contributed by atoms with Crippen LogP contribution in [0.2, 0.25) is 0 Å². The Hall–Kier alpha value is -3.85. The van der Waals surface area contributed by atoms with Gasteiger partial charge in [-0.15, -0.1) is 11.3 Å². The molecule has 1 aromatic heterocycles. The van der Waals surface area contributed by atoms with Crippen LogP contribution < -0.4 is 25.0 Å². The summed E-state index contributed by atoms with van der Waals surface area (Å²) in [5.41, 5.74) is 0.515. The molecule has 38 heavy (non-hydrogen) atoms. The Morgan fingerprint density at radius 3 is 2.39 bits per heavy atom. The van der Waals surface area contributed by atoms with Gasteiger partial charge >= 0.3 is 0 Å². The van der Waals surface area contributed by atoms with Crippen molar-refractivity contribution in [1.29, 1.82) is 0 Å². The summed E-state index contributed by atoms with van der Waals surface area (Å²) in [7, 11) is 1.54. The minimum atomic E-state index is -1.04. The lowest BCUT2D eigenvalue weighted by Crippen LogP contribution is -2.52. The summed E-state index contributed by atoms with van der Waals surface area (Å²) in [6.45, 7) is 7.84. The maximum Gasteiger partial charge on any atom is 0.261 e. The lowest BCUT2D eigenvalue weighted by molar-refractivity contribution is -0.127. The van der Waals surface area contributed by atoms with Crippen molar-refractivity contribution in [2.75, 3.05) is 25.2 Å². The quantitative estimate of drug-likeness (QED) is 0.340. The van der Waals surface area contributed by atoms with Crippen LogP contribution in [0.15, 0.2) is 66.0 Å². The van der Waals surface area contributed by atoms with Crippen molar-refractivity contribution in [2.24, 2.45) is 0 Å². The van der Waals surface area contributed by atoms with E-state index in [4.69, 9.17) is 9.47 Å². The highest BCUT2D eigenvalue weighted by Crippen LogP contribution is 2.32. The number of nitrogens with zero attached hydrogens (tertiary/aromatic N) is 1. The summed E-state index contributed by atoms with van der Waals surface area (Å²) in [4.78, 5) is 42.3. The third kappa shape index (κ3) is 7.35. The molecule has 1 heterocycles. The smallest absolute Gasteiger partial charge is 0.261 e. The summed E-state index contributed by atoms with van der Waals surface area (Å²) in [6, 6.07) is 16.5. The van der Waals surface area contributed by atoms with E-state index in [-0.39, 0.29) is 18.4 Å². The number of benzene rings is 2. The molecule has 0 spiro atoms. The van der Waals surface area contributed by atoms with Crippen LogP contribution >= 0.6 is 11.3 Å². The highest BCUT2D eigenvalue weighted by Gasteiger charge is 2.35. The van der Waals surface area contributed by atoms with Gasteiger partial charge < -0.3 is 20.1 Å². The molecular formula is C29H35N3O5S. The Balaban J connectivity index is 2.09. The molecule has 3 amide bonds. The molecule has 2 N–H and O–H groups in total. The largest absolute Gasteiger partial charge is 0.497 e. The van der Waals surface area contributed by atoms with Gasteiger partial charge in [-0.3, -0.25) is 19.3 Å². The van der Waals surface area contributed by atoms with Gasteiger partial charge in [0.05, 0.1) is 25.1 Å². The highest BCUT2D eigenvalue weighted by molar-refractivity contribution is 7.12. The van der Waals surface area contributed by atoms with E-state index >= 15 is 0 Å². The van der Waals surface area contributed by atoms with Crippen LogP contribution in [0.3, 0.4) is 0 Å². The van der Waals surface area contributed by atoms with Crippen molar-refractivity contribution >= 4 is 34.7 Å². The minimum Gasteiger partial charge on any atom is -0.497 e. The third-order valence-corrected chi connectivity index (χ3v) is 6.95. The van der Waals surface area contributed by atoms with Crippen molar-refractivity contribution < 1.29 is 23.9 Å². The second-order valence-electron chi connectivity index (χ2n) is 9.26. The van der Waals surface area contributed by atoms with Gasteiger partial charge in [0.15, 0.2) is 0 Å².